The van der Waals surface area contributed by atoms with Crippen molar-refractivity contribution in [2.75, 3.05) is 6.54 Å². The molecule has 0 heterocycles. The van der Waals surface area contributed by atoms with Crippen LogP contribution in [0.3, 0.4) is 0 Å². The van der Waals surface area contributed by atoms with Gasteiger partial charge in [0, 0.05) is 29.9 Å². The highest BCUT2D eigenvalue weighted by atomic mass is 19.1. The second kappa shape index (κ2) is 12.5. The number of rotatable bonds is 11. The maximum absolute atomic E-state index is 14.1. The molecule has 0 fully saturated rings. The van der Waals surface area contributed by atoms with Crippen LogP contribution in [0, 0.1) is 30.1 Å². The van der Waals surface area contributed by atoms with Crippen LogP contribution in [0.5, 0.6) is 0 Å². The van der Waals surface area contributed by atoms with Gasteiger partial charge in [-0.1, -0.05) is 69.2 Å². The van der Waals surface area contributed by atoms with E-state index in [0.29, 0.717) is 0 Å². The molecule has 0 amide bonds. The average molecular weight is 446 g/mol. The molecular weight excluding hydrogens is 405 g/mol. The molecular formula is C31H40FN. The van der Waals surface area contributed by atoms with E-state index in [9.17, 15) is 4.39 Å². The fraction of sp³-hybridized carbons (Fsp3) is 0.452. The van der Waals surface area contributed by atoms with Gasteiger partial charge in [0.1, 0.15) is 5.83 Å². The van der Waals surface area contributed by atoms with Gasteiger partial charge >= 0.3 is 0 Å². The highest BCUT2D eigenvalue weighted by Gasteiger charge is 2.28. The summed E-state index contributed by atoms with van der Waals surface area (Å²) < 4.78 is 14.1. The minimum Gasteiger partial charge on any atom is -0.301 e. The summed E-state index contributed by atoms with van der Waals surface area (Å²) in [5, 5.41) is 0. The molecule has 0 aromatic rings. The van der Waals surface area contributed by atoms with Crippen molar-refractivity contribution in [2.45, 2.75) is 66.2 Å². The Morgan fingerprint density at radius 1 is 1.24 bits per heavy atom. The van der Waals surface area contributed by atoms with Crippen LogP contribution >= 0.6 is 0 Å². The van der Waals surface area contributed by atoms with E-state index in [1.807, 2.05) is 6.92 Å². The van der Waals surface area contributed by atoms with Crippen LogP contribution in [0.4, 0.5) is 4.39 Å². The van der Waals surface area contributed by atoms with Crippen molar-refractivity contribution in [3.63, 3.8) is 0 Å². The van der Waals surface area contributed by atoms with Crippen molar-refractivity contribution in [3.8, 4) is 12.3 Å². The summed E-state index contributed by atoms with van der Waals surface area (Å²) in [6.45, 7) is 21.5. The summed E-state index contributed by atoms with van der Waals surface area (Å²) in [7, 11) is 0. The largest absolute Gasteiger partial charge is 0.301 e. The van der Waals surface area contributed by atoms with Gasteiger partial charge in [0.15, 0.2) is 0 Å². The summed E-state index contributed by atoms with van der Waals surface area (Å²) in [6.07, 6.45) is 19.5. The lowest BCUT2D eigenvalue weighted by atomic mass is 9.72. The third-order valence-electron chi connectivity index (χ3n) is 7.15. The third kappa shape index (κ3) is 6.23. The first-order chi connectivity index (χ1) is 15.8. The van der Waals surface area contributed by atoms with Crippen LogP contribution in [0.2, 0.25) is 0 Å². The minimum absolute atomic E-state index is 0.0925. The zero-order valence-corrected chi connectivity index (χ0v) is 21.0. The lowest BCUT2D eigenvalue weighted by molar-refractivity contribution is 0.582. The van der Waals surface area contributed by atoms with E-state index >= 15 is 0 Å². The molecule has 2 aliphatic rings. The van der Waals surface area contributed by atoms with E-state index < -0.39 is 0 Å². The first-order valence-electron chi connectivity index (χ1n) is 12.2. The molecule has 1 nitrogen and oxygen atoms in total. The van der Waals surface area contributed by atoms with Crippen molar-refractivity contribution in [1.29, 1.82) is 0 Å². The number of aliphatic imine (C=N–C) groups is 1. The second-order valence-electron chi connectivity index (χ2n) is 9.15. The van der Waals surface area contributed by atoms with E-state index in [-0.39, 0.29) is 23.6 Å². The van der Waals surface area contributed by atoms with E-state index in [1.165, 1.54) is 22.3 Å². The van der Waals surface area contributed by atoms with Crippen molar-refractivity contribution in [1.82, 2.24) is 0 Å². The summed E-state index contributed by atoms with van der Waals surface area (Å²) in [5.74, 6) is 3.12. The normalized spacial score (nSPS) is 22.2. The lowest BCUT2D eigenvalue weighted by Crippen LogP contribution is -2.18. The van der Waals surface area contributed by atoms with Gasteiger partial charge in [-0.05, 0) is 80.5 Å². The van der Waals surface area contributed by atoms with Gasteiger partial charge in [-0.2, -0.15) is 0 Å². The molecule has 0 aliphatic heterocycles. The van der Waals surface area contributed by atoms with Gasteiger partial charge in [-0.15, -0.1) is 6.42 Å². The maximum Gasteiger partial charge on any atom is 0.121 e. The Bertz CT molecular complexity index is 973. The molecule has 3 atom stereocenters. The molecule has 2 heteroatoms. The van der Waals surface area contributed by atoms with Gasteiger partial charge in [0.05, 0.1) is 0 Å². The fourth-order valence-corrected chi connectivity index (χ4v) is 5.11. The topological polar surface area (TPSA) is 12.4 Å². The van der Waals surface area contributed by atoms with Gasteiger partial charge < -0.3 is 4.99 Å². The Labute approximate surface area is 201 Å². The fourth-order valence-electron chi connectivity index (χ4n) is 5.11. The Kier molecular flexibility index (Phi) is 10.1. The zero-order valence-electron chi connectivity index (χ0n) is 21.0. The third-order valence-corrected chi connectivity index (χ3v) is 7.15. The SMILES string of the molecule is C#CC(=C)C(C)C1=C(CC)C(=C)C(/C(CC)=C(/CCCCN=C)C2C=CC(F)=C(C)C2)C=C1. The standard InChI is InChI=1S/C31H40FN/c1-9-21(4)23(6)28-16-17-29(24(7)26(28)10-2)27(11-3)30(14-12-13-19-33-8)25-15-18-31(32)22(5)20-25/h1,15-18,23,25,29H,4,7-8,10-14,19-20H2,2-3,5-6H3/b30-27-. The van der Waals surface area contributed by atoms with E-state index in [1.54, 1.807) is 6.08 Å². The minimum atomic E-state index is -0.0925. The van der Waals surface area contributed by atoms with Gasteiger partial charge in [0.25, 0.3) is 0 Å². The number of allylic oxidation sites excluding steroid dienone is 12. The van der Waals surface area contributed by atoms with E-state index in [2.05, 4.69) is 69.8 Å². The Hall–Kier alpha value is -2.66. The van der Waals surface area contributed by atoms with Crippen molar-refractivity contribution in [2.24, 2.45) is 22.7 Å². The summed E-state index contributed by atoms with van der Waals surface area (Å²) in [5.41, 5.74) is 8.15. The summed E-state index contributed by atoms with van der Waals surface area (Å²) in [6, 6.07) is 0. The zero-order chi connectivity index (χ0) is 24.5. The molecule has 2 aliphatic carbocycles. The van der Waals surface area contributed by atoms with Crippen LogP contribution < -0.4 is 0 Å². The molecule has 0 saturated heterocycles. The van der Waals surface area contributed by atoms with Gasteiger partial charge in [-0.25, -0.2) is 4.39 Å². The summed E-state index contributed by atoms with van der Waals surface area (Å²) in [4.78, 5) is 4.01. The quantitative estimate of drug-likeness (QED) is 0.131. The average Bonchev–Trinajstić information content (AvgIpc) is 2.82. The Morgan fingerprint density at radius 2 is 1.97 bits per heavy atom. The first kappa shape index (κ1) is 26.6. The van der Waals surface area contributed by atoms with Crippen LogP contribution in [-0.2, 0) is 0 Å². The molecule has 176 valence electrons. The highest BCUT2D eigenvalue weighted by Crippen LogP contribution is 2.43. The van der Waals surface area contributed by atoms with Gasteiger partial charge in [-0.3, -0.25) is 0 Å². The van der Waals surface area contributed by atoms with E-state index in [4.69, 9.17) is 6.42 Å². The first-order valence-corrected chi connectivity index (χ1v) is 12.2. The Morgan fingerprint density at radius 3 is 2.55 bits per heavy atom. The van der Waals surface area contributed by atoms with Gasteiger partial charge in [0.2, 0.25) is 0 Å². The molecule has 0 bridgehead atoms. The molecule has 3 unspecified atom stereocenters. The number of halogens is 1. The molecule has 0 aromatic carbocycles. The number of nitrogens with zero attached hydrogens (tertiary/aromatic N) is 1. The number of hydrogen-bond acceptors (Lipinski definition) is 1. The van der Waals surface area contributed by atoms with Crippen molar-refractivity contribution >= 4 is 6.72 Å². The number of terminal acetylenes is 1. The number of hydrogen-bond donors (Lipinski definition) is 0. The summed E-state index contributed by atoms with van der Waals surface area (Å²) >= 11 is 0. The molecule has 2 rings (SSSR count). The van der Waals surface area contributed by atoms with Crippen LogP contribution in [0.1, 0.15) is 66.2 Å². The molecule has 0 radical (unpaired) electrons. The molecule has 33 heavy (non-hydrogen) atoms. The van der Waals surface area contributed by atoms with Crippen LogP contribution in [-0.4, -0.2) is 13.3 Å². The second-order valence-corrected chi connectivity index (χ2v) is 9.15. The highest BCUT2D eigenvalue weighted by molar-refractivity contribution is 5.53. The maximum atomic E-state index is 14.1. The molecule has 0 spiro atoms. The molecule has 0 N–H and O–H groups in total. The smallest absolute Gasteiger partial charge is 0.121 e. The van der Waals surface area contributed by atoms with Crippen molar-refractivity contribution < 1.29 is 4.39 Å². The van der Waals surface area contributed by atoms with E-state index in [0.717, 1.165) is 61.8 Å². The predicted octanol–water partition coefficient (Wildman–Crippen LogP) is 8.66. The predicted molar refractivity (Wildman–Crippen MR) is 143 cm³/mol. The number of unbranched alkanes of at least 4 members (excludes halogenated alkanes) is 1. The monoisotopic (exact) mass is 445 g/mol. The Balaban J connectivity index is 2.48. The lowest BCUT2D eigenvalue weighted by Gasteiger charge is -2.33. The van der Waals surface area contributed by atoms with Crippen molar-refractivity contribution in [3.05, 3.63) is 82.3 Å². The van der Waals surface area contributed by atoms with Crippen LogP contribution in [0.25, 0.3) is 0 Å². The molecule has 0 saturated carbocycles. The molecule has 0 aromatic heterocycles. The van der Waals surface area contributed by atoms with Crippen LogP contribution in [0.15, 0.2) is 87.3 Å².